The lowest BCUT2D eigenvalue weighted by molar-refractivity contribution is -0.138. The number of rotatable bonds is 10. The van der Waals surface area contributed by atoms with Crippen molar-refractivity contribution >= 4 is 49.2 Å². The molecule has 14 heteroatoms. The quantitative estimate of drug-likeness (QED) is 0.200. The van der Waals surface area contributed by atoms with Crippen molar-refractivity contribution in [2.75, 3.05) is 0 Å². The maximum atomic E-state index is 13.6. The van der Waals surface area contributed by atoms with Crippen LogP contribution in [0.4, 0.5) is 0 Å². The molecule has 1 aromatic heterocycles. The highest BCUT2D eigenvalue weighted by atomic mass is 16.5. The summed E-state index contributed by atoms with van der Waals surface area (Å²) in [5, 5.41) is 27.5. The first-order valence-electron chi connectivity index (χ1n) is 13.0. The summed E-state index contributed by atoms with van der Waals surface area (Å²) in [5.74, 6) is -2.80. The molecule has 0 fully saturated rings. The number of benzene rings is 2. The fraction of sp³-hybridized carbons (Fsp3) is 0.259. The molecule has 3 atom stereocenters. The van der Waals surface area contributed by atoms with Crippen molar-refractivity contribution in [1.29, 1.82) is 0 Å². The molecule has 12 nitrogen and oxygen atoms in total. The van der Waals surface area contributed by atoms with Gasteiger partial charge in [0.1, 0.15) is 11.8 Å². The van der Waals surface area contributed by atoms with E-state index in [4.69, 9.17) is 13.7 Å². The Bertz CT molecular complexity index is 1480. The second-order valence-corrected chi connectivity index (χ2v) is 9.94. The van der Waals surface area contributed by atoms with Crippen molar-refractivity contribution in [3.63, 3.8) is 0 Å². The molecule has 5 N–H and O–H groups in total. The number of carboxylic acids is 1. The van der Waals surface area contributed by atoms with Crippen LogP contribution in [0.15, 0.2) is 59.2 Å². The van der Waals surface area contributed by atoms with E-state index >= 15 is 0 Å². The number of aliphatic carboxylic acids is 1. The second kappa shape index (κ2) is 12.0. The molecule has 2 aliphatic heterocycles. The molecule has 3 heterocycles. The maximum Gasteiger partial charge on any atom is 0.491 e. The summed E-state index contributed by atoms with van der Waals surface area (Å²) < 4.78 is 15.9. The maximum absolute atomic E-state index is 13.6. The van der Waals surface area contributed by atoms with Crippen LogP contribution in [0, 0.1) is 0 Å². The second-order valence-electron chi connectivity index (χ2n) is 9.94. The minimum Gasteiger partial charge on any atom is -0.481 e. The van der Waals surface area contributed by atoms with Crippen LogP contribution < -0.4 is 26.9 Å². The van der Waals surface area contributed by atoms with Crippen LogP contribution in [-0.4, -0.2) is 60.5 Å². The molecule has 0 radical (unpaired) electrons. The lowest BCUT2D eigenvalue weighted by Gasteiger charge is -2.27. The van der Waals surface area contributed by atoms with Crippen LogP contribution in [0.5, 0.6) is 0 Å². The minimum absolute atomic E-state index is 0.163. The highest BCUT2D eigenvalue weighted by Crippen LogP contribution is 2.18. The van der Waals surface area contributed by atoms with Gasteiger partial charge in [0.25, 0.3) is 11.8 Å². The molecule has 210 valence electrons. The topological polar surface area (TPSA) is 176 Å². The number of nitrogens with one attached hydrogen (secondary N) is 3. The molecular weight excluding hydrogens is 532 g/mol. The molecule has 0 bridgehead atoms. The van der Waals surface area contributed by atoms with Crippen molar-refractivity contribution < 1.29 is 43.0 Å². The van der Waals surface area contributed by atoms with Crippen LogP contribution in [0.3, 0.4) is 0 Å². The van der Waals surface area contributed by atoms with Gasteiger partial charge in [-0.15, -0.1) is 0 Å². The molecule has 3 aromatic rings. The number of amides is 3. The Morgan fingerprint density at radius 1 is 0.976 bits per heavy atom. The van der Waals surface area contributed by atoms with Gasteiger partial charge < -0.3 is 39.8 Å². The van der Waals surface area contributed by atoms with Gasteiger partial charge in [-0.25, -0.2) is 0 Å². The number of furan rings is 1. The lowest BCUT2D eigenvalue weighted by atomic mass is 9.78. The average Bonchev–Trinajstić information content (AvgIpc) is 3.72. The van der Waals surface area contributed by atoms with E-state index in [9.17, 15) is 29.3 Å². The Kier molecular flexibility index (Phi) is 8.24. The number of carboxylic acid groups (broad SMARTS) is 1. The Morgan fingerprint density at radius 2 is 1.71 bits per heavy atom. The van der Waals surface area contributed by atoms with E-state index < -0.39 is 55.4 Å². The normalized spacial score (nSPS) is 15.6. The number of fused-ring (bicyclic) bond motifs is 2. The van der Waals surface area contributed by atoms with Gasteiger partial charge in [0.05, 0.1) is 38.0 Å². The van der Waals surface area contributed by atoms with Gasteiger partial charge in [-0.2, -0.15) is 0 Å². The zero-order valence-electron chi connectivity index (χ0n) is 22.1. The summed E-state index contributed by atoms with van der Waals surface area (Å²) in [6, 6.07) is 9.66. The van der Waals surface area contributed by atoms with Gasteiger partial charge in [-0.1, -0.05) is 18.2 Å². The van der Waals surface area contributed by atoms with E-state index in [1.807, 2.05) is 0 Å². The highest BCUT2D eigenvalue weighted by molar-refractivity contribution is 6.61. The van der Waals surface area contributed by atoms with Crippen LogP contribution >= 0.6 is 0 Å². The number of carbonyl (C=O) groups excluding carboxylic acids is 3. The third-order valence-electron chi connectivity index (χ3n) is 7.06. The van der Waals surface area contributed by atoms with E-state index in [1.54, 1.807) is 37.3 Å². The monoisotopic (exact) mass is 559 g/mol. The molecule has 2 aliphatic rings. The summed E-state index contributed by atoms with van der Waals surface area (Å²) in [5.41, 5.74) is 3.59. The van der Waals surface area contributed by atoms with Gasteiger partial charge in [0.2, 0.25) is 5.91 Å². The fourth-order valence-electron chi connectivity index (χ4n) is 4.83. The van der Waals surface area contributed by atoms with Crippen molar-refractivity contribution in [2.45, 2.75) is 44.7 Å². The van der Waals surface area contributed by atoms with E-state index in [2.05, 4.69) is 16.0 Å². The number of carbonyl (C=O) groups is 4. The molecule has 5 rings (SSSR count). The van der Waals surface area contributed by atoms with E-state index in [0.29, 0.717) is 25.1 Å². The Balaban J connectivity index is 1.37. The first-order chi connectivity index (χ1) is 19.7. The largest absolute Gasteiger partial charge is 0.491 e. The van der Waals surface area contributed by atoms with Crippen molar-refractivity contribution in [2.24, 2.45) is 0 Å². The third kappa shape index (κ3) is 6.35. The molecule has 3 amide bonds. The van der Waals surface area contributed by atoms with Crippen LogP contribution in [-0.2, 0) is 32.1 Å². The lowest BCUT2D eigenvalue weighted by Crippen LogP contribution is -2.58. The minimum atomic E-state index is -1.31. The molecule has 41 heavy (non-hydrogen) atoms. The summed E-state index contributed by atoms with van der Waals surface area (Å²) in [6.45, 7) is 2.23. The first-order valence-corrected chi connectivity index (χ1v) is 13.0. The summed E-state index contributed by atoms with van der Waals surface area (Å²) in [7, 11) is -0.774. The summed E-state index contributed by atoms with van der Waals surface area (Å²) >= 11 is 0. The average molecular weight is 559 g/mol. The SMILES string of the molecule is CC(NC(=O)c1ccc2c(c1)BOC2)C(NC(=O)c1ccc2c(c1)B(O)OC2)C(=O)NC(CC(=O)O)c1ccco1. The van der Waals surface area contributed by atoms with Crippen molar-refractivity contribution in [3.8, 4) is 0 Å². The molecule has 0 spiro atoms. The number of hydrogen-bond donors (Lipinski definition) is 5. The van der Waals surface area contributed by atoms with Crippen LogP contribution in [0.25, 0.3) is 0 Å². The molecule has 3 unspecified atom stereocenters. The molecule has 2 aromatic carbocycles. The first kappa shape index (κ1) is 28.1. The third-order valence-corrected chi connectivity index (χ3v) is 7.06. The zero-order valence-corrected chi connectivity index (χ0v) is 22.1. The summed E-state index contributed by atoms with van der Waals surface area (Å²) in [6.07, 6.45) is 0.882. The van der Waals surface area contributed by atoms with Gasteiger partial charge >= 0.3 is 20.6 Å². The summed E-state index contributed by atoms with van der Waals surface area (Å²) in [4.78, 5) is 51.5. The predicted molar refractivity (Wildman–Crippen MR) is 147 cm³/mol. The van der Waals surface area contributed by atoms with Crippen molar-refractivity contribution in [3.05, 3.63) is 82.8 Å². The molecule has 0 saturated carbocycles. The van der Waals surface area contributed by atoms with E-state index in [1.165, 1.54) is 24.5 Å². The predicted octanol–water partition coefficient (Wildman–Crippen LogP) is -0.747. The number of hydrogen-bond acceptors (Lipinski definition) is 8. The smallest absolute Gasteiger partial charge is 0.481 e. The van der Waals surface area contributed by atoms with E-state index in [-0.39, 0.29) is 17.9 Å². The Morgan fingerprint density at radius 3 is 2.44 bits per heavy atom. The van der Waals surface area contributed by atoms with E-state index in [0.717, 1.165) is 16.6 Å². The molecule has 0 saturated heterocycles. The van der Waals surface area contributed by atoms with Crippen LogP contribution in [0.2, 0.25) is 0 Å². The Labute approximate surface area is 235 Å². The van der Waals surface area contributed by atoms with Gasteiger partial charge in [0.15, 0.2) is 0 Å². The van der Waals surface area contributed by atoms with Crippen LogP contribution in [0.1, 0.15) is 57.0 Å². The fourth-order valence-corrected chi connectivity index (χ4v) is 4.83. The van der Waals surface area contributed by atoms with Gasteiger partial charge in [-0.3, -0.25) is 19.2 Å². The van der Waals surface area contributed by atoms with Gasteiger partial charge in [-0.05, 0) is 59.3 Å². The van der Waals surface area contributed by atoms with Crippen molar-refractivity contribution in [1.82, 2.24) is 16.0 Å². The van der Waals surface area contributed by atoms with Gasteiger partial charge in [0, 0.05) is 11.1 Å². The standard InChI is InChI=1S/C27H27B2N3O9/c1-14(30-25(35)15-4-6-17-12-40-28-19(17)9-15)24(27(37)31-21(11-23(33)34)22-3-2-8-39-22)32-26(36)16-5-7-18-13-41-29(38)20(18)10-16/h2-10,14,21,24,28,38H,11-13H2,1H3,(H,30,35)(H,31,37)(H,32,36)(H,33,34). The molecule has 0 aliphatic carbocycles. The Hall–Kier alpha value is -4.39. The highest BCUT2D eigenvalue weighted by Gasteiger charge is 2.33. The molecular formula is C27H27B2N3O9. The zero-order chi connectivity index (χ0) is 29.1.